The van der Waals surface area contributed by atoms with Gasteiger partial charge in [-0.05, 0) is 35.6 Å². The van der Waals surface area contributed by atoms with Gasteiger partial charge in [-0.15, -0.1) is 0 Å². The molecule has 2 aromatic rings. The zero-order valence-electron chi connectivity index (χ0n) is 12.1. The molecular weight excluding hydrogens is 262 g/mol. The molecule has 0 bridgehead atoms. The van der Waals surface area contributed by atoms with Crippen LogP contribution in [0.1, 0.15) is 23.5 Å². The molecule has 0 spiro atoms. The molecule has 0 aromatic heterocycles. The third kappa shape index (κ3) is 3.07. The lowest BCUT2D eigenvalue weighted by molar-refractivity contribution is -0.131. The van der Waals surface area contributed by atoms with Crippen LogP contribution in [-0.4, -0.2) is 23.0 Å². The van der Waals surface area contributed by atoms with E-state index in [9.17, 15) is 9.90 Å². The molecule has 1 N–H and O–H groups in total. The number of phenolic OH excluding ortho intramolecular Hbond substituents is 1. The van der Waals surface area contributed by atoms with Gasteiger partial charge in [-0.1, -0.05) is 42.5 Å². The summed E-state index contributed by atoms with van der Waals surface area (Å²) in [4.78, 5) is 14.2. The van der Waals surface area contributed by atoms with E-state index in [-0.39, 0.29) is 17.6 Å². The van der Waals surface area contributed by atoms with Gasteiger partial charge >= 0.3 is 0 Å². The number of hydrogen-bond donors (Lipinski definition) is 1. The molecule has 1 fully saturated rings. The van der Waals surface area contributed by atoms with Crippen LogP contribution in [0.5, 0.6) is 5.75 Å². The fraction of sp³-hybridized carbons (Fsp3) is 0.278. The highest BCUT2D eigenvalue weighted by atomic mass is 16.3. The van der Waals surface area contributed by atoms with E-state index in [2.05, 4.69) is 0 Å². The largest absolute Gasteiger partial charge is 0.508 e. The van der Waals surface area contributed by atoms with Crippen molar-refractivity contribution in [2.24, 2.45) is 5.92 Å². The van der Waals surface area contributed by atoms with Crippen LogP contribution in [0.2, 0.25) is 0 Å². The summed E-state index contributed by atoms with van der Waals surface area (Å²) in [5.41, 5.74) is 2.29. The van der Waals surface area contributed by atoms with Gasteiger partial charge in [0.1, 0.15) is 5.75 Å². The maximum Gasteiger partial charge on any atom is 0.226 e. The lowest BCUT2D eigenvalue weighted by atomic mass is 10.1. The van der Waals surface area contributed by atoms with Gasteiger partial charge < -0.3 is 10.0 Å². The Hall–Kier alpha value is -2.29. The van der Waals surface area contributed by atoms with E-state index in [0.29, 0.717) is 12.5 Å². The highest BCUT2D eigenvalue weighted by Gasteiger charge is 2.45. The van der Waals surface area contributed by atoms with Gasteiger partial charge in [-0.25, -0.2) is 0 Å². The van der Waals surface area contributed by atoms with Gasteiger partial charge in [-0.2, -0.15) is 0 Å². The molecule has 2 atom stereocenters. The van der Waals surface area contributed by atoms with Crippen molar-refractivity contribution >= 4 is 5.91 Å². The number of benzene rings is 2. The van der Waals surface area contributed by atoms with Crippen molar-refractivity contribution in [3.8, 4) is 5.75 Å². The van der Waals surface area contributed by atoms with Crippen LogP contribution < -0.4 is 0 Å². The summed E-state index contributed by atoms with van der Waals surface area (Å²) in [6.07, 6.45) is 0.905. The number of hydrogen-bond acceptors (Lipinski definition) is 2. The van der Waals surface area contributed by atoms with E-state index in [1.54, 1.807) is 17.0 Å². The van der Waals surface area contributed by atoms with Crippen LogP contribution in [0, 0.1) is 5.92 Å². The Balaban J connectivity index is 1.61. The third-order valence-electron chi connectivity index (χ3n) is 4.07. The van der Waals surface area contributed by atoms with Crippen molar-refractivity contribution in [1.82, 2.24) is 4.90 Å². The van der Waals surface area contributed by atoms with E-state index in [4.69, 9.17) is 0 Å². The van der Waals surface area contributed by atoms with Crippen LogP contribution in [-0.2, 0) is 11.3 Å². The summed E-state index contributed by atoms with van der Waals surface area (Å²) in [5.74, 6) is 0.861. The van der Waals surface area contributed by atoms with E-state index in [1.165, 1.54) is 0 Å². The van der Waals surface area contributed by atoms with Crippen LogP contribution in [0.4, 0.5) is 0 Å². The van der Waals surface area contributed by atoms with E-state index >= 15 is 0 Å². The van der Waals surface area contributed by atoms with Crippen molar-refractivity contribution < 1.29 is 9.90 Å². The quantitative estimate of drug-likeness (QED) is 0.935. The van der Waals surface area contributed by atoms with E-state index < -0.39 is 0 Å². The molecule has 0 saturated heterocycles. The summed E-state index contributed by atoms with van der Waals surface area (Å²) >= 11 is 0. The molecule has 108 valence electrons. The first-order valence-electron chi connectivity index (χ1n) is 7.23. The maximum atomic E-state index is 12.4. The predicted molar refractivity (Wildman–Crippen MR) is 81.9 cm³/mol. The maximum absolute atomic E-state index is 12.4. The molecule has 1 amide bonds. The number of nitrogens with zero attached hydrogens (tertiary/aromatic N) is 1. The van der Waals surface area contributed by atoms with Crippen molar-refractivity contribution in [3.63, 3.8) is 0 Å². The Kier molecular flexibility index (Phi) is 3.65. The van der Waals surface area contributed by atoms with Crippen molar-refractivity contribution in [1.29, 1.82) is 0 Å². The standard InChI is InChI=1S/C18H19NO2/c1-19(12-13-5-3-2-4-6-13)18(21)17-11-16(17)14-7-9-15(20)10-8-14/h2-10,16-17,20H,11-12H2,1H3. The van der Waals surface area contributed by atoms with Gasteiger partial charge in [0.05, 0.1) is 0 Å². The zero-order chi connectivity index (χ0) is 14.8. The molecule has 1 aliphatic carbocycles. The van der Waals surface area contributed by atoms with Crippen LogP contribution in [0.3, 0.4) is 0 Å². The average Bonchev–Trinajstić information content (AvgIpc) is 3.28. The molecule has 3 nitrogen and oxygen atoms in total. The van der Waals surface area contributed by atoms with Crippen LogP contribution in [0.15, 0.2) is 54.6 Å². The smallest absolute Gasteiger partial charge is 0.226 e. The summed E-state index contributed by atoms with van der Waals surface area (Å²) in [7, 11) is 1.86. The molecule has 3 rings (SSSR count). The molecule has 21 heavy (non-hydrogen) atoms. The zero-order valence-corrected chi connectivity index (χ0v) is 12.1. The fourth-order valence-corrected chi connectivity index (χ4v) is 2.78. The molecule has 2 unspecified atom stereocenters. The molecule has 1 saturated carbocycles. The van der Waals surface area contributed by atoms with Crippen molar-refractivity contribution in [2.75, 3.05) is 7.05 Å². The normalized spacial score (nSPS) is 20.0. The number of phenols is 1. The first-order chi connectivity index (χ1) is 10.1. The summed E-state index contributed by atoms with van der Waals surface area (Å²) in [6.45, 7) is 0.651. The number of carbonyl (C=O) groups is 1. The molecule has 1 aliphatic rings. The highest BCUT2D eigenvalue weighted by Crippen LogP contribution is 2.48. The third-order valence-corrected chi connectivity index (χ3v) is 4.07. The van der Waals surface area contributed by atoms with Gasteiger partial charge in [0, 0.05) is 19.5 Å². The van der Waals surface area contributed by atoms with Crippen LogP contribution >= 0.6 is 0 Å². The molecular formula is C18H19NO2. The highest BCUT2D eigenvalue weighted by molar-refractivity contribution is 5.82. The number of aromatic hydroxyl groups is 1. The fourth-order valence-electron chi connectivity index (χ4n) is 2.78. The van der Waals surface area contributed by atoms with E-state index in [0.717, 1.165) is 17.5 Å². The summed E-state index contributed by atoms with van der Waals surface area (Å²) < 4.78 is 0. The minimum atomic E-state index is 0.0863. The van der Waals surface area contributed by atoms with Crippen LogP contribution in [0.25, 0.3) is 0 Å². The number of amides is 1. The van der Waals surface area contributed by atoms with Gasteiger partial charge in [0.2, 0.25) is 5.91 Å². The Labute approximate surface area is 124 Å². The topological polar surface area (TPSA) is 40.5 Å². The Morgan fingerprint density at radius 1 is 1.14 bits per heavy atom. The second-order valence-corrected chi connectivity index (χ2v) is 5.72. The average molecular weight is 281 g/mol. The number of rotatable bonds is 4. The SMILES string of the molecule is CN(Cc1ccccc1)C(=O)C1CC1c1ccc(O)cc1. The Morgan fingerprint density at radius 3 is 2.48 bits per heavy atom. The second-order valence-electron chi connectivity index (χ2n) is 5.72. The van der Waals surface area contributed by atoms with Crippen molar-refractivity contribution in [2.45, 2.75) is 18.9 Å². The lowest BCUT2D eigenvalue weighted by Crippen LogP contribution is -2.28. The molecule has 0 radical (unpaired) electrons. The lowest BCUT2D eigenvalue weighted by Gasteiger charge is -2.17. The molecule has 2 aromatic carbocycles. The molecule has 0 heterocycles. The summed E-state index contributed by atoms with van der Waals surface area (Å²) in [5, 5.41) is 9.31. The second kappa shape index (κ2) is 5.60. The molecule has 0 aliphatic heterocycles. The first-order valence-corrected chi connectivity index (χ1v) is 7.23. The minimum absolute atomic E-state index is 0.0863. The van der Waals surface area contributed by atoms with Gasteiger partial charge in [0.25, 0.3) is 0 Å². The summed E-state index contributed by atoms with van der Waals surface area (Å²) in [6, 6.07) is 17.2. The Bertz CT molecular complexity index is 621. The first kappa shape index (κ1) is 13.7. The monoisotopic (exact) mass is 281 g/mol. The predicted octanol–water partition coefficient (Wildman–Crippen LogP) is 3.15. The Morgan fingerprint density at radius 2 is 1.81 bits per heavy atom. The van der Waals surface area contributed by atoms with E-state index in [1.807, 2.05) is 49.5 Å². The van der Waals surface area contributed by atoms with Gasteiger partial charge in [-0.3, -0.25) is 4.79 Å². The minimum Gasteiger partial charge on any atom is -0.508 e. The van der Waals surface area contributed by atoms with Gasteiger partial charge in [0.15, 0.2) is 0 Å². The van der Waals surface area contributed by atoms with Crippen molar-refractivity contribution in [3.05, 3.63) is 65.7 Å². The molecule has 3 heteroatoms. The number of carbonyl (C=O) groups excluding carboxylic acids is 1.